The van der Waals surface area contributed by atoms with Crippen LogP contribution in [0.5, 0.6) is 0 Å². The Balaban J connectivity index is 1.36. The number of nitrogens with one attached hydrogen (secondary N) is 1. The fourth-order valence-corrected chi connectivity index (χ4v) is 6.03. The van der Waals surface area contributed by atoms with E-state index in [0.717, 1.165) is 51.6 Å². The van der Waals surface area contributed by atoms with E-state index in [1.807, 2.05) is 0 Å². The SMILES string of the molecule is O=C(CN1C(=O)C2CCCCC2C1=O)NCC1(N2CCCCC2)CCCCC1. The summed E-state index contributed by atoms with van der Waals surface area (Å²) in [7, 11) is 0. The minimum Gasteiger partial charge on any atom is -0.353 e. The molecule has 4 fully saturated rings. The number of likely N-dealkylation sites (tertiary alicyclic amines) is 2. The Hall–Kier alpha value is -1.43. The molecule has 6 heteroatoms. The third kappa shape index (κ3) is 3.85. The number of nitrogens with zero attached hydrogens (tertiary/aromatic N) is 2. The lowest BCUT2D eigenvalue weighted by atomic mass is 9.79. The molecule has 2 aliphatic carbocycles. The zero-order valence-corrected chi connectivity index (χ0v) is 17.1. The quantitative estimate of drug-likeness (QED) is 0.734. The molecule has 2 saturated heterocycles. The average molecular weight is 390 g/mol. The number of carbonyl (C=O) groups is 3. The molecule has 2 aliphatic heterocycles. The first-order valence-corrected chi connectivity index (χ1v) is 11.5. The van der Waals surface area contributed by atoms with Crippen LogP contribution in [0.3, 0.4) is 0 Å². The predicted octanol–water partition coefficient (Wildman–Crippen LogP) is 2.47. The van der Waals surface area contributed by atoms with E-state index in [1.54, 1.807) is 0 Å². The van der Waals surface area contributed by atoms with Gasteiger partial charge in [0, 0.05) is 12.1 Å². The molecule has 2 unspecified atom stereocenters. The number of fused-ring (bicyclic) bond motifs is 1. The van der Waals surface area contributed by atoms with E-state index in [2.05, 4.69) is 10.2 Å². The predicted molar refractivity (Wildman–Crippen MR) is 106 cm³/mol. The minimum absolute atomic E-state index is 0.0708. The highest BCUT2D eigenvalue weighted by Crippen LogP contribution is 2.38. The van der Waals surface area contributed by atoms with Crippen LogP contribution in [0.2, 0.25) is 0 Å². The molecule has 2 saturated carbocycles. The van der Waals surface area contributed by atoms with E-state index in [9.17, 15) is 14.4 Å². The molecule has 0 radical (unpaired) electrons. The van der Waals surface area contributed by atoms with Crippen LogP contribution in [0.25, 0.3) is 0 Å². The fraction of sp³-hybridized carbons (Fsp3) is 0.864. The normalized spacial score (nSPS) is 30.9. The largest absolute Gasteiger partial charge is 0.353 e. The van der Waals surface area contributed by atoms with Gasteiger partial charge < -0.3 is 5.32 Å². The molecule has 0 aromatic rings. The maximum Gasteiger partial charge on any atom is 0.240 e. The number of imide groups is 1. The topological polar surface area (TPSA) is 69.7 Å². The molecule has 0 spiro atoms. The van der Waals surface area contributed by atoms with Crippen molar-refractivity contribution in [3.63, 3.8) is 0 Å². The first-order chi connectivity index (χ1) is 13.6. The van der Waals surface area contributed by atoms with Crippen LogP contribution >= 0.6 is 0 Å². The molecule has 28 heavy (non-hydrogen) atoms. The van der Waals surface area contributed by atoms with E-state index in [1.165, 1.54) is 43.4 Å². The standard InChI is InChI=1S/C22H35N3O3/c26-19(15-25-20(27)17-9-3-4-10-18(17)21(25)28)23-16-22(11-5-1-6-12-22)24-13-7-2-8-14-24/h17-18H,1-16H2,(H,23,26). The molecule has 4 aliphatic rings. The van der Waals surface area contributed by atoms with Crippen molar-refractivity contribution in [2.45, 2.75) is 82.6 Å². The Labute approximate surface area is 168 Å². The molecule has 0 aromatic heterocycles. The van der Waals surface area contributed by atoms with Crippen LogP contribution in [0.1, 0.15) is 77.0 Å². The molecule has 3 amide bonds. The summed E-state index contributed by atoms with van der Waals surface area (Å²) in [4.78, 5) is 41.8. The Morgan fingerprint density at radius 2 is 1.43 bits per heavy atom. The van der Waals surface area contributed by atoms with Crippen molar-refractivity contribution in [2.75, 3.05) is 26.2 Å². The smallest absolute Gasteiger partial charge is 0.240 e. The third-order valence-electron chi connectivity index (χ3n) is 7.66. The highest BCUT2D eigenvalue weighted by Gasteiger charge is 2.48. The van der Waals surface area contributed by atoms with Gasteiger partial charge in [-0.15, -0.1) is 0 Å². The maximum absolute atomic E-state index is 12.7. The Bertz CT molecular complexity index is 584. The van der Waals surface area contributed by atoms with Crippen molar-refractivity contribution in [1.29, 1.82) is 0 Å². The first-order valence-electron chi connectivity index (χ1n) is 11.5. The van der Waals surface area contributed by atoms with Gasteiger partial charge in [0.2, 0.25) is 17.7 Å². The zero-order chi connectivity index (χ0) is 19.6. The van der Waals surface area contributed by atoms with Crippen molar-refractivity contribution in [2.24, 2.45) is 11.8 Å². The summed E-state index contributed by atoms with van der Waals surface area (Å²) in [6.07, 6.45) is 13.4. The van der Waals surface area contributed by atoms with E-state index >= 15 is 0 Å². The lowest BCUT2D eigenvalue weighted by molar-refractivity contribution is -0.143. The molecular weight excluding hydrogens is 354 g/mol. The highest BCUT2D eigenvalue weighted by molar-refractivity contribution is 6.07. The second-order valence-corrected chi connectivity index (χ2v) is 9.37. The van der Waals surface area contributed by atoms with E-state index in [4.69, 9.17) is 0 Å². The summed E-state index contributed by atoms with van der Waals surface area (Å²) < 4.78 is 0. The zero-order valence-electron chi connectivity index (χ0n) is 17.1. The van der Waals surface area contributed by atoms with Gasteiger partial charge in [0.25, 0.3) is 0 Å². The minimum atomic E-state index is -0.178. The summed E-state index contributed by atoms with van der Waals surface area (Å²) in [6.45, 7) is 2.81. The number of piperidine rings is 1. The van der Waals surface area contributed by atoms with Gasteiger partial charge in [0.05, 0.1) is 11.8 Å². The summed E-state index contributed by atoms with van der Waals surface area (Å²) in [6, 6.07) is 0. The van der Waals surface area contributed by atoms with Crippen molar-refractivity contribution in [1.82, 2.24) is 15.1 Å². The Kier molecular flexibility index (Phi) is 6.04. The molecular formula is C22H35N3O3. The van der Waals surface area contributed by atoms with E-state index < -0.39 is 0 Å². The fourth-order valence-electron chi connectivity index (χ4n) is 6.03. The van der Waals surface area contributed by atoms with Gasteiger partial charge in [0.1, 0.15) is 6.54 Å². The van der Waals surface area contributed by atoms with Gasteiger partial charge in [-0.05, 0) is 51.6 Å². The lowest BCUT2D eigenvalue weighted by Gasteiger charge is -2.48. The summed E-state index contributed by atoms with van der Waals surface area (Å²) in [5, 5.41) is 3.11. The van der Waals surface area contributed by atoms with Crippen molar-refractivity contribution in [3.8, 4) is 0 Å². The number of carbonyl (C=O) groups excluding carboxylic acids is 3. The van der Waals surface area contributed by atoms with Crippen LogP contribution in [0.4, 0.5) is 0 Å². The maximum atomic E-state index is 12.7. The number of rotatable bonds is 5. The molecule has 2 heterocycles. The van der Waals surface area contributed by atoms with Crippen LogP contribution in [0, 0.1) is 11.8 Å². The van der Waals surface area contributed by atoms with Crippen molar-refractivity contribution < 1.29 is 14.4 Å². The van der Waals surface area contributed by atoms with Gasteiger partial charge >= 0.3 is 0 Å². The summed E-state index contributed by atoms with van der Waals surface area (Å²) >= 11 is 0. The van der Waals surface area contributed by atoms with Gasteiger partial charge in [-0.25, -0.2) is 0 Å². The third-order valence-corrected chi connectivity index (χ3v) is 7.66. The number of amides is 3. The van der Waals surface area contributed by atoms with Crippen molar-refractivity contribution in [3.05, 3.63) is 0 Å². The van der Waals surface area contributed by atoms with Gasteiger partial charge in [-0.3, -0.25) is 24.2 Å². The molecule has 2 atom stereocenters. The van der Waals surface area contributed by atoms with Gasteiger partial charge in [-0.1, -0.05) is 38.5 Å². The van der Waals surface area contributed by atoms with Crippen molar-refractivity contribution >= 4 is 17.7 Å². The monoisotopic (exact) mass is 389 g/mol. The Morgan fingerprint density at radius 3 is 2.04 bits per heavy atom. The van der Waals surface area contributed by atoms with Gasteiger partial charge in [0.15, 0.2) is 0 Å². The van der Waals surface area contributed by atoms with Crippen LogP contribution in [-0.2, 0) is 14.4 Å². The van der Waals surface area contributed by atoms with E-state index in [-0.39, 0.29) is 41.6 Å². The second-order valence-electron chi connectivity index (χ2n) is 9.37. The molecule has 4 rings (SSSR count). The number of hydrogen-bond acceptors (Lipinski definition) is 4. The van der Waals surface area contributed by atoms with Crippen LogP contribution in [-0.4, -0.2) is 59.2 Å². The summed E-state index contributed by atoms with van der Waals surface area (Å²) in [5.74, 6) is -0.761. The van der Waals surface area contributed by atoms with Crippen LogP contribution in [0.15, 0.2) is 0 Å². The molecule has 6 nitrogen and oxygen atoms in total. The van der Waals surface area contributed by atoms with Crippen LogP contribution < -0.4 is 5.32 Å². The molecule has 156 valence electrons. The van der Waals surface area contributed by atoms with E-state index in [0.29, 0.717) is 6.54 Å². The number of hydrogen-bond donors (Lipinski definition) is 1. The lowest BCUT2D eigenvalue weighted by Crippen LogP contribution is -2.58. The average Bonchev–Trinajstić information content (AvgIpc) is 2.99. The highest BCUT2D eigenvalue weighted by atomic mass is 16.2. The molecule has 0 bridgehead atoms. The molecule has 0 aromatic carbocycles. The molecule has 1 N–H and O–H groups in total. The second kappa shape index (κ2) is 8.52. The Morgan fingerprint density at radius 1 is 0.857 bits per heavy atom. The first kappa shape index (κ1) is 19.9. The van der Waals surface area contributed by atoms with Gasteiger partial charge in [-0.2, -0.15) is 0 Å². The summed E-state index contributed by atoms with van der Waals surface area (Å²) in [5.41, 5.74) is 0.0708.